The number of carbonyl (C=O) groups is 3. The summed E-state index contributed by atoms with van der Waals surface area (Å²) < 4.78 is 25.0. The minimum atomic E-state index is -1.11. The van der Waals surface area contributed by atoms with Crippen molar-refractivity contribution in [1.29, 1.82) is 0 Å². The van der Waals surface area contributed by atoms with Crippen LogP contribution in [-0.4, -0.2) is 80.6 Å². The summed E-state index contributed by atoms with van der Waals surface area (Å²) in [5, 5.41) is 9.20. The Morgan fingerprint density at radius 3 is 2.53 bits per heavy atom. The summed E-state index contributed by atoms with van der Waals surface area (Å²) in [6.45, 7) is 3.17. The highest BCUT2D eigenvalue weighted by Crippen LogP contribution is 2.46. The van der Waals surface area contributed by atoms with Crippen molar-refractivity contribution in [2.75, 3.05) is 51.9 Å². The van der Waals surface area contributed by atoms with Crippen molar-refractivity contribution in [2.45, 2.75) is 37.8 Å². The van der Waals surface area contributed by atoms with Crippen LogP contribution in [0, 0.1) is 11.2 Å². The number of rotatable bonds is 5. The number of fused-ring (bicyclic) bond motifs is 1. The fourth-order valence-corrected chi connectivity index (χ4v) is 6.71. The number of aliphatic imine (C=N–C) groups is 1. The predicted molar refractivity (Wildman–Crippen MR) is 158 cm³/mol. The first-order chi connectivity index (χ1) is 20.8. The quantitative estimate of drug-likeness (QED) is 0.492. The van der Waals surface area contributed by atoms with Gasteiger partial charge in [-0.05, 0) is 60.2 Å². The van der Waals surface area contributed by atoms with Crippen LogP contribution in [-0.2, 0) is 36.7 Å². The summed E-state index contributed by atoms with van der Waals surface area (Å²) in [6, 6.07) is 11.1. The van der Waals surface area contributed by atoms with Gasteiger partial charge in [-0.25, -0.2) is 4.39 Å². The van der Waals surface area contributed by atoms with E-state index in [1.54, 1.807) is 19.2 Å². The Labute approximate surface area is 249 Å². The highest BCUT2D eigenvalue weighted by Gasteiger charge is 2.53. The minimum Gasteiger partial charge on any atom is -0.376 e. The SMILES string of the molecule is CC/C=C1\C(=NC)NC(=O)C12Cc1ccc(NC(=O)CN3C(=O)C4(COCCOC4)NCC3c3ccc(F)cc3)cc1C2. The molecule has 3 amide bonds. The second-order valence-electron chi connectivity index (χ2n) is 11.6. The number of amidine groups is 1. The second-order valence-corrected chi connectivity index (χ2v) is 11.6. The lowest BCUT2D eigenvalue weighted by Crippen LogP contribution is -2.69. The molecular weight excluding hydrogens is 553 g/mol. The molecule has 2 aromatic carbocycles. The number of halogens is 1. The molecule has 11 heteroatoms. The van der Waals surface area contributed by atoms with E-state index in [1.165, 1.54) is 17.0 Å². The van der Waals surface area contributed by atoms with Crippen LogP contribution in [0.3, 0.4) is 0 Å². The summed E-state index contributed by atoms with van der Waals surface area (Å²) in [7, 11) is 1.68. The van der Waals surface area contributed by atoms with Gasteiger partial charge in [-0.1, -0.05) is 31.2 Å². The number of nitrogens with zero attached hydrogens (tertiary/aromatic N) is 2. The maximum atomic E-state index is 14.0. The molecule has 43 heavy (non-hydrogen) atoms. The maximum absolute atomic E-state index is 14.0. The first-order valence-corrected chi connectivity index (χ1v) is 14.7. The van der Waals surface area contributed by atoms with Crippen LogP contribution < -0.4 is 16.0 Å². The first kappa shape index (κ1) is 29.2. The van der Waals surface area contributed by atoms with Crippen LogP contribution in [0.5, 0.6) is 0 Å². The molecular formula is C32H36FN5O5. The highest BCUT2D eigenvalue weighted by molar-refractivity contribution is 6.20. The average molecular weight is 590 g/mol. The van der Waals surface area contributed by atoms with Gasteiger partial charge in [0.25, 0.3) is 0 Å². The molecule has 6 rings (SSSR count). The van der Waals surface area contributed by atoms with Crippen molar-refractivity contribution in [1.82, 2.24) is 15.5 Å². The summed E-state index contributed by atoms with van der Waals surface area (Å²) >= 11 is 0. The Hall–Kier alpha value is -3.93. The Kier molecular flexibility index (Phi) is 7.89. The molecule has 3 fully saturated rings. The standard InChI is InChI=1S/C32H36FN5O5/c1-3-4-25-28(34-2)37-29(40)31(25)14-21-7-10-24(13-22(21)15-31)36-27(39)17-38-26(20-5-8-23(33)9-6-20)16-35-32(30(38)41)18-42-11-12-43-19-32/h4-10,13,26,35H,3,11-12,14-19H2,1-2H3,(H,36,39)(H,34,37,40)/b25-4+. The van der Waals surface area contributed by atoms with Crippen LogP contribution >= 0.6 is 0 Å². The van der Waals surface area contributed by atoms with Crippen molar-refractivity contribution in [3.05, 3.63) is 76.6 Å². The number of piperazine rings is 1. The van der Waals surface area contributed by atoms with Gasteiger partial charge < -0.3 is 25.0 Å². The highest BCUT2D eigenvalue weighted by atomic mass is 19.1. The van der Waals surface area contributed by atoms with Gasteiger partial charge in [0, 0.05) is 24.9 Å². The molecule has 0 saturated carbocycles. The van der Waals surface area contributed by atoms with E-state index < -0.39 is 17.0 Å². The molecule has 2 unspecified atom stereocenters. The Morgan fingerprint density at radius 2 is 1.84 bits per heavy atom. The van der Waals surface area contributed by atoms with Gasteiger partial charge in [-0.15, -0.1) is 0 Å². The molecule has 2 aromatic rings. The van der Waals surface area contributed by atoms with Crippen LogP contribution in [0.1, 0.15) is 36.1 Å². The molecule has 10 nitrogen and oxygen atoms in total. The van der Waals surface area contributed by atoms with Crippen molar-refractivity contribution in [2.24, 2.45) is 10.4 Å². The molecule has 0 aromatic heterocycles. The number of allylic oxidation sites excluding steroid dienone is 1. The molecule has 4 aliphatic rings. The van der Waals surface area contributed by atoms with Gasteiger partial charge in [0.1, 0.15) is 23.7 Å². The molecule has 3 saturated heterocycles. The van der Waals surface area contributed by atoms with E-state index in [9.17, 15) is 18.8 Å². The molecule has 226 valence electrons. The lowest BCUT2D eigenvalue weighted by Gasteiger charge is -2.45. The largest absolute Gasteiger partial charge is 0.376 e. The van der Waals surface area contributed by atoms with Crippen LogP contribution in [0.15, 0.2) is 59.1 Å². The van der Waals surface area contributed by atoms with Crippen molar-refractivity contribution in [3.63, 3.8) is 0 Å². The van der Waals surface area contributed by atoms with Crippen LogP contribution in [0.4, 0.5) is 10.1 Å². The predicted octanol–water partition coefficient (Wildman–Crippen LogP) is 2.30. The van der Waals surface area contributed by atoms with E-state index in [1.807, 2.05) is 25.1 Å². The number of carbonyl (C=O) groups excluding carboxylic acids is 3. The monoisotopic (exact) mass is 589 g/mol. The number of benzene rings is 2. The lowest BCUT2D eigenvalue weighted by molar-refractivity contribution is -0.151. The van der Waals surface area contributed by atoms with E-state index in [4.69, 9.17) is 9.47 Å². The molecule has 3 heterocycles. The van der Waals surface area contributed by atoms with Gasteiger partial charge in [-0.3, -0.25) is 24.7 Å². The third-order valence-corrected chi connectivity index (χ3v) is 8.86. The van der Waals surface area contributed by atoms with E-state index in [0.717, 1.165) is 23.1 Å². The van der Waals surface area contributed by atoms with Crippen molar-refractivity contribution in [3.8, 4) is 0 Å². The summed E-state index contributed by atoms with van der Waals surface area (Å²) in [5.41, 5.74) is 2.45. The van der Waals surface area contributed by atoms with Crippen LogP contribution in [0.2, 0.25) is 0 Å². The number of amides is 3. The van der Waals surface area contributed by atoms with E-state index in [0.29, 0.717) is 49.7 Å². The number of ether oxygens (including phenoxy) is 2. The molecule has 2 atom stereocenters. The smallest absolute Gasteiger partial charge is 0.248 e. The number of hydrogen-bond donors (Lipinski definition) is 3. The average Bonchev–Trinajstić information content (AvgIpc) is 3.38. The fourth-order valence-electron chi connectivity index (χ4n) is 6.71. The van der Waals surface area contributed by atoms with E-state index >= 15 is 0 Å². The van der Waals surface area contributed by atoms with Crippen LogP contribution in [0.25, 0.3) is 0 Å². The first-order valence-electron chi connectivity index (χ1n) is 14.7. The van der Waals surface area contributed by atoms with Gasteiger partial charge >= 0.3 is 0 Å². The van der Waals surface area contributed by atoms with Gasteiger partial charge in [0.15, 0.2) is 0 Å². The zero-order valence-electron chi connectivity index (χ0n) is 24.4. The normalized spacial score (nSPS) is 26.7. The molecule has 0 bridgehead atoms. The van der Waals surface area contributed by atoms with E-state index in [2.05, 4.69) is 27.0 Å². The Balaban J connectivity index is 1.22. The lowest BCUT2D eigenvalue weighted by atomic mass is 9.78. The molecule has 3 N–H and O–H groups in total. The number of hydrogen-bond acceptors (Lipinski definition) is 7. The van der Waals surface area contributed by atoms with Crippen molar-refractivity contribution < 1.29 is 28.2 Å². The topological polar surface area (TPSA) is 121 Å². The third-order valence-electron chi connectivity index (χ3n) is 8.86. The maximum Gasteiger partial charge on any atom is 0.248 e. The van der Waals surface area contributed by atoms with E-state index in [-0.39, 0.29) is 43.3 Å². The Morgan fingerprint density at radius 1 is 1.12 bits per heavy atom. The van der Waals surface area contributed by atoms with Gasteiger partial charge in [0.05, 0.1) is 37.9 Å². The second kappa shape index (κ2) is 11.6. The number of anilines is 1. The van der Waals surface area contributed by atoms with Gasteiger partial charge in [0.2, 0.25) is 17.7 Å². The minimum absolute atomic E-state index is 0.0564. The Bertz CT molecular complexity index is 1500. The molecule has 2 spiro atoms. The third kappa shape index (κ3) is 5.26. The zero-order valence-corrected chi connectivity index (χ0v) is 24.4. The summed E-state index contributed by atoms with van der Waals surface area (Å²) in [5.74, 6) is -0.497. The van der Waals surface area contributed by atoms with Gasteiger partial charge in [-0.2, -0.15) is 0 Å². The summed E-state index contributed by atoms with van der Waals surface area (Å²) in [6.07, 6.45) is 3.92. The molecule has 3 aliphatic heterocycles. The summed E-state index contributed by atoms with van der Waals surface area (Å²) in [4.78, 5) is 46.4. The zero-order chi connectivity index (χ0) is 30.2. The fraction of sp³-hybridized carbons (Fsp3) is 0.438. The van der Waals surface area contributed by atoms with Crippen molar-refractivity contribution >= 4 is 29.2 Å². The molecule has 0 radical (unpaired) electrons. The molecule has 1 aliphatic carbocycles. The number of nitrogens with one attached hydrogen (secondary N) is 3.